The zero-order chi connectivity index (χ0) is 23.2. The first-order valence-corrected chi connectivity index (χ1v) is 12.0. The predicted octanol–water partition coefficient (Wildman–Crippen LogP) is 6.32. The summed E-state index contributed by atoms with van der Waals surface area (Å²) in [5.41, 5.74) is 3.40. The quantitative estimate of drug-likeness (QED) is 0.374. The van der Waals surface area contributed by atoms with Crippen molar-refractivity contribution in [2.75, 3.05) is 13.1 Å². The van der Waals surface area contributed by atoms with E-state index in [1.54, 1.807) is 0 Å². The van der Waals surface area contributed by atoms with Crippen molar-refractivity contribution >= 4 is 16.9 Å². The van der Waals surface area contributed by atoms with Crippen LogP contribution in [0, 0.1) is 0 Å². The average molecular weight is 451 g/mol. The van der Waals surface area contributed by atoms with Crippen molar-refractivity contribution < 1.29 is 9.53 Å². The van der Waals surface area contributed by atoms with Crippen molar-refractivity contribution in [3.05, 3.63) is 120 Å². The largest absolute Gasteiger partial charge is 0.446 e. The molecule has 0 aromatic heterocycles. The molecule has 0 spiro atoms. The minimum absolute atomic E-state index is 0.0555. The molecule has 172 valence electrons. The van der Waals surface area contributed by atoms with Crippen molar-refractivity contribution in [1.82, 2.24) is 10.2 Å². The van der Waals surface area contributed by atoms with Crippen molar-refractivity contribution in [3.63, 3.8) is 0 Å². The number of nitrogens with zero attached hydrogens (tertiary/aromatic N) is 1. The molecule has 0 aliphatic carbocycles. The van der Waals surface area contributed by atoms with Gasteiger partial charge in [0, 0.05) is 19.6 Å². The minimum Gasteiger partial charge on any atom is -0.446 e. The van der Waals surface area contributed by atoms with Gasteiger partial charge in [-0.3, -0.25) is 4.90 Å². The van der Waals surface area contributed by atoms with Crippen molar-refractivity contribution in [2.45, 2.75) is 31.5 Å². The monoisotopic (exact) mass is 450 g/mol. The molecule has 4 aromatic carbocycles. The van der Waals surface area contributed by atoms with Gasteiger partial charge in [-0.05, 0) is 46.4 Å². The maximum atomic E-state index is 12.8. The molecule has 4 heteroatoms. The van der Waals surface area contributed by atoms with Crippen LogP contribution in [0.2, 0.25) is 0 Å². The number of carbonyl (C=O) groups is 1. The summed E-state index contributed by atoms with van der Waals surface area (Å²) in [7, 11) is 0. The predicted molar refractivity (Wildman–Crippen MR) is 137 cm³/mol. The molecule has 5 rings (SSSR count). The van der Waals surface area contributed by atoms with Crippen LogP contribution >= 0.6 is 0 Å². The summed E-state index contributed by atoms with van der Waals surface area (Å²) in [6.07, 6.45) is 1.29. The molecule has 4 nitrogen and oxygen atoms in total. The van der Waals surface area contributed by atoms with Crippen LogP contribution < -0.4 is 5.32 Å². The Hall–Kier alpha value is -3.63. The lowest BCUT2D eigenvalue weighted by atomic mass is 9.99. The Morgan fingerprint density at radius 2 is 1.38 bits per heavy atom. The number of hydrogen-bond acceptors (Lipinski definition) is 3. The molecule has 4 aromatic rings. The molecule has 1 saturated heterocycles. The molecule has 1 N–H and O–H groups in total. The molecule has 0 bridgehead atoms. The highest BCUT2D eigenvalue weighted by atomic mass is 16.6. The topological polar surface area (TPSA) is 41.6 Å². The summed E-state index contributed by atoms with van der Waals surface area (Å²) < 4.78 is 5.84. The standard InChI is InChI=1S/C30H30N2O2/c33-30(31-29(25-10-3-1-4-11-25)26-12-5-2-6-13-26)34-28-17-19-32(20-18-28)22-23-15-16-24-9-7-8-14-27(24)21-23/h1-16,21,28-29H,17-20,22H2,(H,31,33). The number of likely N-dealkylation sites (tertiary alicyclic amines) is 1. The number of ether oxygens (including phenoxy) is 1. The fourth-order valence-electron chi connectivity index (χ4n) is 4.73. The van der Waals surface area contributed by atoms with Crippen molar-refractivity contribution in [3.8, 4) is 0 Å². The molecular formula is C30H30N2O2. The number of benzene rings is 4. The lowest BCUT2D eigenvalue weighted by molar-refractivity contribution is 0.0476. The van der Waals surface area contributed by atoms with Gasteiger partial charge < -0.3 is 10.1 Å². The molecule has 0 atom stereocenters. The zero-order valence-corrected chi connectivity index (χ0v) is 19.3. The highest BCUT2D eigenvalue weighted by molar-refractivity contribution is 5.83. The molecule has 1 heterocycles. The first-order valence-electron chi connectivity index (χ1n) is 12.0. The normalized spacial score (nSPS) is 14.9. The SMILES string of the molecule is O=C(NC(c1ccccc1)c1ccccc1)OC1CCN(Cc2ccc3ccccc3c2)CC1. The summed E-state index contributed by atoms with van der Waals surface area (Å²) in [6, 6.07) is 35.0. The maximum absolute atomic E-state index is 12.8. The van der Waals surface area contributed by atoms with E-state index < -0.39 is 0 Å². The van der Waals surface area contributed by atoms with E-state index in [0.29, 0.717) is 0 Å². The number of carbonyl (C=O) groups excluding carboxylic acids is 1. The van der Waals surface area contributed by atoms with Gasteiger partial charge in [-0.25, -0.2) is 4.79 Å². The van der Waals surface area contributed by atoms with Crippen molar-refractivity contribution in [1.29, 1.82) is 0 Å². The number of amides is 1. The van der Waals surface area contributed by atoms with Crippen LogP contribution in [0.5, 0.6) is 0 Å². The second-order valence-corrected chi connectivity index (χ2v) is 8.96. The first-order chi connectivity index (χ1) is 16.7. The van der Waals surface area contributed by atoms with Crippen LogP contribution in [0.15, 0.2) is 103 Å². The Morgan fingerprint density at radius 1 is 0.794 bits per heavy atom. The number of fused-ring (bicyclic) bond motifs is 1. The summed E-state index contributed by atoms with van der Waals surface area (Å²) in [6.45, 7) is 2.77. The highest BCUT2D eigenvalue weighted by Gasteiger charge is 2.24. The zero-order valence-electron chi connectivity index (χ0n) is 19.3. The summed E-state index contributed by atoms with van der Waals surface area (Å²) >= 11 is 0. The molecule has 1 aliphatic heterocycles. The van der Waals surface area contributed by atoms with E-state index in [0.717, 1.165) is 43.6 Å². The van der Waals surface area contributed by atoms with Crippen molar-refractivity contribution in [2.24, 2.45) is 0 Å². The lowest BCUT2D eigenvalue weighted by Gasteiger charge is -2.32. The van der Waals surface area contributed by atoms with E-state index in [1.807, 2.05) is 60.7 Å². The van der Waals surface area contributed by atoms with Crippen LogP contribution in [-0.4, -0.2) is 30.2 Å². The highest BCUT2D eigenvalue weighted by Crippen LogP contribution is 2.23. The van der Waals surface area contributed by atoms with Gasteiger partial charge in [0.05, 0.1) is 6.04 Å². The van der Waals surface area contributed by atoms with E-state index in [4.69, 9.17) is 4.74 Å². The van der Waals surface area contributed by atoms with Gasteiger partial charge in [-0.1, -0.05) is 97.1 Å². The van der Waals surface area contributed by atoms with Gasteiger partial charge in [0.25, 0.3) is 0 Å². The van der Waals surface area contributed by atoms with E-state index in [9.17, 15) is 4.79 Å². The number of alkyl carbamates (subject to hydrolysis) is 1. The van der Waals surface area contributed by atoms with E-state index >= 15 is 0 Å². The molecular weight excluding hydrogens is 420 g/mol. The Labute approximate surface area is 201 Å². The lowest BCUT2D eigenvalue weighted by Crippen LogP contribution is -2.40. The fourth-order valence-corrected chi connectivity index (χ4v) is 4.73. The van der Waals surface area contributed by atoms with Crippen LogP contribution in [0.1, 0.15) is 35.6 Å². The molecule has 0 radical (unpaired) electrons. The molecule has 1 fully saturated rings. The van der Waals surface area contributed by atoms with Gasteiger partial charge in [-0.15, -0.1) is 0 Å². The van der Waals surface area contributed by atoms with Crippen LogP contribution in [-0.2, 0) is 11.3 Å². The number of piperidine rings is 1. The van der Waals surface area contributed by atoms with Crippen LogP contribution in [0.25, 0.3) is 10.8 Å². The number of hydrogen-bond donors (Lipinski definition) is 1. The molecule has 1 aliphatic rings. The Kier molecular flexibility index (Phi) is 6.87. The minimum atomic E-state index is -0.356. The molecule has 0 saturated carbocycles. The summed E-state index contributed by atoms with van der Waals surface area (Å²) in [5.74, 6) is 0. The van der Waals surface area contributed by atoms with Gasteiger partial charge in [-0.2, -0.15) is 0 Å². The van der Waals surface area contributed by atoms with Gasteiger partial charge in [0.15, 0.2) is 0 Å². The van der Waals surface area contributed by atoms with E-state index in [2.05, 4.69) is 52.7 Å². The fraction of sp³-hybridized carbons (Fsp3) is 0.233. The van der Waals surface area contributed by atoms with Gasteiger partial charge in [0.1, 0.15) is 6.10 Å². The Morgan fingerprint density at radius 3 is 2.03 bits per heavy atom. The first kappa shape index (κ1) is 22.2. The number of rotatable bonds is 6. The third-order valence-corrected chi connectivity index (χ3v) is 6.56. The molecule has 0 unspecified atom stereocenters. The Balaban J connectivity index is 1.16. The van der Waals surface area contributed by atoms with E-state index in [1.165, 1.54) is 16.3 Å². The third-order valence-electron chi connectivity index (χ3n) is 6.56. The van der Waals surface area contributed by atoms with Crippen LogP contribution in [0.4, 0.5) is 4.79 Å². The second-order valence-electron chi connectivity index (χ2n) is 8.96. The molecule has 1 amide bonds. The molecule has 34 heavy (non-hydrogen) atoms. The second kappa shape index (κ2) is 10.5. The van der Waals surface area contributed by atoms with E-state index in [-0.39, 0.29) is 18.2 Å². The van der Waals surface area contributed by atoms with Gasteiger partial charge >= 0.3 is 6.09 Å². The Bertz CT molecular complexity index is 1180. The number of nitrogens with one attached hydrogen (secondary N) is 1. The maximum Gasteiger partial charge on any atom is 0.408 e. The summed E-state index contributed by atoms with van der Waals surface area (Å²) in [5, 5.41) is 5.64. The van der Waals surface area contributed by atoms with Crippen LogP contribution in [0.3, 0.4) is 0 Å². The smallest absolute Gasteiger partial charge is 0.408 e. The summed E-state index contributed by atoms with van der Waals surface area (Å²) in [4.78, 5) is 15.3. The average Bonchev–Trinajstić information content (AvgIpc) is 2.89. The van der Waals surface area contributed by atoms with Gasteiger partial charge in [0.2, 0.25) is 0 Å². The third kappa shape index (κ3) is 5.46.